The van der Waals surface area contributed by atoms with Gasteiger partial charge in [0.25, 0.3) is 0 Å². The molecular formula is C36H40F2N6O8. The van der Waals surface area contributed by atoms with Crippen molar-refractivity contribution in [2.45, 2.75) is 25.9 Å². The van der Waals surface area contributed by atoms with Gasteiger partial charge in [0, 0.05) is 64.8 Å². The summed E-state index contributed by atoms with van der Waals surface area (Å²) in [7, 11) is 4.03. The van der Waals surface area contributed by atoms with E-state index >= 15 is 0 Å². The average molecular weight is 723 g/mol. The fourth-order valence-corrected chi connectivity index (χ4v) is 7.38. The predicted molar refractivity (Wildman–Crippen MR) is 190 cm³/mol. The molecule has 16 heteroatoms. The van der Waals surface area contributed by atoms with Crippen LogP contribution >= 0.6 is 0 Å². The summed E-state index contributed by atoms with van der Waals surface area (Å²) in [5.41, 5.74) is -0.448. The Morgan fingerprint density at radius 2 is 1.00 bits per heavy atom. The molecule has 0 amide bonds. The van der Waals surface area contributed by atoms with Crippen molar-refractivity contribution in [3.63, 3.8) is 0 Å². The van der Waals surface area contributed by atoms with Crippen molar-refractivity contribution < 1.29 is 38.1 Å². The molecule has 2 atom stereocenters. The second-order valence-electron chi connectivity index (χ2n) is 13.9. The zero-order chi connectivity index (χ0) is 37.2. The first-order chi connectivity index (χ1) is 24.8. The lowest BCUT2D eigenvalue weighted by molar-refractivity contribution is 0.0683. The van der Waals surface area contributed by atoms with E-state index in [9.17, 15) is 38.2 Å². The van der Waals surface area contributed by atoms with Gasteiger partial charge in [-0.05, 0) is 40.1 Å². The van der Waals surface area contributed by atoms with Crippen LogP contribution in [0.2, 0.25) is 0 Å². The molecule has 2 unspecified atom stereocenters. The third-order valence-corrected chi connectivity index (χ3v) is 10.4. The second kappa shape index (κ2) is 13.4. The number of carboxylic acids is 2. The van der Waals surface area contributed by atoms with E-state index in [-0.39, 0.29) is 47.2 Å². The molecule has 0 aliphatic carbocycles. The summed E-state index contributed by atoms with van der Waals surface area (Å²) in [6.45, 7) is 10.2. The smallest absolute Gasteiger partial charge is 0.341 e. The minimum atomic E-state index is -1.32. The fourth-order valence-electron chi connectivity index (χ4n) is 7.38. The molecule has 276 valence electrons. The van der Waals surface area contributed by atoms with E-state index in [1.165, 1.54) is 12.4 Å². The molecule has 4 aliphatic heterocycles. The molecular weight excluding hydrogens is 682 g/mol. The number of carbonyl (C=O) groups is 2. The molecule has 4 aliphatic rings. The Balaban J connectivity index is 0.000000162. The molecule has 2 aromatic carbocycles. The molecule has 14 nitrogen and oxygen atoms in total. The second-order valence-corrected chi connectivity index (χ2v) is 13.9. The monoisotopic (exact) mass is 722 g/mol. The lowest BCUT2D eigenvalue weighted by Crippen LogP contribution is -2.45. The number of nitrogens with zero attached hydrogens (tertiary/aromatic N) is 6. The van der Waals surface area contributed by atoms with Crippen molar-refractivity contribution in [1.82, 2.24) is 18.9 Å². The van der Waals surface area contributed by atoms with Crippen LogP contribution < -0.4 is 30.1 Å². The summed E-state index contributed by atoms with van der Waals surface area (Å²) in [6.07, 6.45) is 2.69. The number of benzene rings is 2. The van der Waals surface area contributed by atoms with Gasteiger partial charge < -0.3 is 48.4 Å². The predicted octanol–water partition coefficient (Wildman–Crippen LogP) is 3.09. The number of piperazine rings is 2. The number of rotatable bonds is 4. The van der Waals surface area contributed by atoms with Crippen molar-refractivity contribution in [1.29, 1.82) is 0 Å². The lowest BCUT2D eigenvalue weighted by Gasteiger charge is -2.37. The van der Waals surface area contributed by atoms with Crippen LogP contribution in [0.4, 0.5) is 20.2 Å². The SMILES string of the molecule is CC1COc2c(N3CCN(C)CC3)c(F)cc3c(=O)c(C(=O)O)cn1c23.CC1COc2c(N3CCN(C)CC3)c(F)cc3c(=O)c(C(=O)O)cn1c23. The van der Waals surface area contributed by atoms with Crippen LogP contribution in [0.25, 0.3) is 21.8 Å². The molecule has 2 aromatic heterocycles. The summed E-state index contributed by atoms with van der Waals surface area (Å²) in [4.78, 5) is 56.2. The van der Waals surface area contributed by atoms with Crippen LogP contribution in [0.5, 0.6) is 11.5 Å². The highest BCUT2D eigenvalue weighted by Gasteiger charge is 2.33. The highest BCUT2D eigenvalue weighted by atomic mass is 19.1. The van der Waals surface area contributed by atoms with Crippen molar-refractivity contribution in [3.8, 4) is 11.5 Å². The third kappa shape index (κ3) is 5.88. The summed E-state index contributed by atoms with van der Waals surface area (Å²) >= 11 is 0. The maximum absolute atomic E-state index is 15.0. The van der Waals surface area contributed by atoms with Crippen molar-refractivity contribution in [2.75, 3.05) is 89.5 Å². The van der Waals surface area contributed by atoms with Crippen LogP contribution in [0.15, 0.2) is 34.1 Å². The van der Waals surface area contributed by atoms with Crippen LogP contribution in [0.1, 0.15) is 46.6 Å². The minimum Gasteiger partial charge on any atom is -0.487 e. The number of anilines is 2. The van der Waals surface area contributed by atoms with Gasteiger partial charge in [-0.2, -0.15) is 0 Å². The van der Waals surface area contributed by atoms with E-state index in [0.29, 0.717) is 60.1 Å². The van der Waals surface area contributed by atoms with Gasteiger partial charge in [0.2, 0.25) is 10.9 Å². The van der Waals surface area contributed by atoms with Gasteiger partial charge in [-0.25, -0.2) is 18.4 Å². The van der Waals surface area contributed by atoms with Gasteiger partial charge in [-0.3, -0.25) is 9.59 Å². The number of aromatic carboxylic acids is 2. The summed E-state index contributed by atoms with van der Waals surface area (Å²) in [5, 5.41) is 18.7. The first-order valence-corrected chi connectivity index (χ1v) is 17.2. The Kier molecular flexibility index (Phi) is 9.07. The van der Waals surface area contributed by atoms with Gasteiger partial charge in [0.15, 0.2) is 23.1 Å². The highest BCUT2D eigenvalue weighted by molar-refractivity contribution is 5.98. The molecule has 4 aromatic rings. The van der Waals surface area contributed by atoms with E-state index in [2.05, 4.69) is 9.80 Å². The lowest BCUT2D eigenvalue weighted by atomic mass is 10.1. The maximum Gasteiger partial charge on any atom is 0.341 e. The number of aromatic nitrogens is 2. The number of likely N-dealkylation sites (N-methyl/N-ethyl adjacent to an activating group) is 2. The molecule has 0 spiro atoms. The molecule has 0 saturated carbocycles. The number of halogens is 2. The molecule has 8 rings (SSSR count). The number of hydrogen-bond donors (Lipinski definition) is 2. The summed E-state index contributed by atoms with van der Waals surface area (Å²) in [6, 6.07) is 1.99. The van der Waals surface area contributed by atoms with Gasteiger partial charge in [0.05, 0.1) is 33.9 Å². The molecule has 0 bridgehead atoms. The van der Waals surface area contributed by atoms with Gasteiger partial charge in [-0.15, -0.1) is 0 Å². The van der Waals surface area contributed by atoms with Crippen molar-refractivity contribution in [3.05, 3.63) is 67.7 Å². The summed E-state index contributed by atoms with van der Waals surface area (Å²) in [5.74, 6) is -3.09. The quantitative estimate of drug-likeness (QED) is 0.319. The van der Waals surface area contributed by atoms with Gasteiger partial charge in [-0.1, -0.05) is 0 Å². The average Bonchev–Trinajstić information content (AvgIpc) is 3.10. The van der Waals surface area contributed by atoms with Crippen LogP contribution in [-0.2, 0) is 0 Å². The number of carboxylic acid groups (broad SMARTS) is 2. The summed E-state index contributed by atoms with van der Waals surface area (Å²) < 4.78 is 45.1. The zero-order valence-corrected chi connectivity index (χ0v) is 29.3. The molecule has 2 N–H and O–H groups in total. The molecule has 0 radical (unpaired) electrons. The molecule has 52 heavy (non-hydrogen) atoms. The van der Waals surface area contributed by atoms with Crippen molar-refractivity contribution in [2.24, 2.45) is 0 Å². The minimum absolute atomic E-state index is 0.0434. The Morgan fingerprint density at radius 3 is 1.33 bits per heavy atom. The third-order valence-electron chi connectivity index (χ3n) is 10.4. The maximum atomic E-state index is 15.0. The van der Waals surface area contributed by atoms with Crippen LogP contribution in [0.3, 0.4) is 0 Å². The first-order valence-electron chi connectivity index (χ1n) is 17.2. The standard InChI is InChI=1S/2C18H20FN3O4/c2*1-10-9-26-17-14-11(16(23)12(18(24)25)8-22(10)14)7-13(19)15(17)21-5-3-20(2)4-6-21/h2*7-8,10H,3-6,9H2,1-2H3,(H,24,25). The fraction of sp³-hybridized carbons (Fsp3) is 0.444. The molecule has 2 fully saturated rings. The number of ether oxygens (including phenoxy) is 2. The number of hydrogen-bond acceptors (Lipinski definition) is 10. The van der Waals surface area contributed by atoms with Gasteiger partial charge in [0.1, 0.15) is 35.7 Å². The van der Waals surface area contributed by atoms with Crippen LogP contribution in [0, 0.1) is 11.6 Å². The van der Waals surface area contributed by atoms with E-state index in [1.807, 2.05) is 37.7 Å². The van der Waals surface area contributed by atoms with E-state index < -0.39 is 34.4 Å². The normalized spacial score (nSPS) is 20.3. The highest BCUT2D eigenvalue weighted by Crippen LogP contribution is 2.43. The van der Waals surface area contributed by atoms with Gasteiger partial charge >= 0.3 is 11.9 Å². The largest absolute Gasteiger partial charge is 0.487 e. The van der Waals surface area contributed by atoms with Crippen LogP contribution in [-0.4, -0.2) is 121 Å². The van der Waals surface area contributed by atoms with E-state index in [0.717, 1.165) is 38.3 Å². The first kappa shape index (κ1) is 35.2. The van der Waals surface area contributed by atoms with Crippen molar-refractivity contribution >= 4 is 45.1 Å². The Bertz CT molecular complexity index is 2080. The topological polar surface area (TPSA) is 150 Å². The Morgan fingerprint density at radius 1 is 0.654 bits per heavy atom. The zero-order valence-electron chi connectivity index (χ0n) is 29.3. The molecule has 6 heterocycles. The Hall–Kier alpha value is -5.22. The number of pyridine rings is 2. The Labute approximate surface area is 296 Å². The van der Waals surface area contributed by atoms with E-state index in [4.69, 9.17) is 9.47 Å². The van der Waals surface area contributed by atoms with E-state index in [1.54, 1.807) is 9.13 Å². The molecule has 2 saturated heterocycles.